The fraction of sp³-hybridized carbons (Fsp3) is 0.500. The van der Waals surface area contributed by atoms with Gasteiger partial charge >= 0.3 is 12.3 Å². The monoisotopic (exact) mass is 471 g/mol. The molecule has 3 rings (SSSR count). The highest BCUT2D eigenvalue weighted by molar-refractivity contribution is 6.30. The summed E-state index contributed by atoms with van der Waals surface area (Å²) in [5.41, 5.74) is -0.730. The number of hydrogen-bond acceptors (Lipinski definition) is 4. The SMILES string of the molecule is CC(C)(C)OC(=O)Nc1cc(=O)n(-c2ccc(Cl)cc2)c(C2CCC(C(F)(F)F)CC2)n1. The first-order valence-corrected chi connectivity index (χ1v) is 10.7. The Morgan fingerprint density at radius 1 is 1.12 bits per heavy atom. The van der Waals surface area contributed by atoms with Gasteiger partial charge in [0, 0.05) is 17.0 Å². The maximum absolute atomic E-state index is 13.1. The van der Waals surface area contributed by atoms with Gasteiger partial charge in [0.1, 0.15) is 17.2 Å². The second kappa shape index (κ2) is 9.13. The summed E-state index contributed by atoms with van der Waals surface area (Å²) in [6.07, 6.45) is -4.67. The number of benzene rings is 1. The Balaban J connectivity index is 1.97. The highest BCUT2D eigenvalue weighted by Gasteiger charge is 2.42. The van der Waals surface area contributed by atoms with Crippen molar-refractivity contribution in [1.29, 1.82) is 0 Å². The number of alkyl halides is 3. The molecule has 1 N–H and O–H groups in total. The average molecular weight is 472 g/mol. The van der Waals surface area contributed by atoms with Crippen molar-refractivity contribution in [2.24, 2.45) is 5.92 Å². The third-order valence-corrected chi connectivity index (χ3v) is 5.47. The van der Waals surface area contributed by atoms with E-state index in [1.165, 1.54) is 4.57 Å². The summed E-state index contributed by atoms with van der Waals surface area (Å²) >= 11 is 5.95. The predicted octanol–water partition coefficient (Wildman–Crippen LogP) is 6.07. The molecule has 6 nitrogen and oxygen atoms in total. The van der Waals surface area contributed by atoms with E-state index >= 15 is 0 Å². The number of carbonyl (C=O) groups is 1. The Kier molecular flexibility index (Phi) is 6.88. The van der Waals surface area contributed by atoms with Gasteiger partial charge in [0.25, 0.3) is 5.56 Å². The molecule has 1 fully saturated rings. The third-order valence-electron chi connectivity index (χ3n) is 5.21. The van der Waals surface area contributed by atoms with E-state index in [4.69, 9.17) is 16.3 Å². The molecule has 0 saturated heterocycles. The molecule has 1 saturated carbocycles. The first-order valence-electron chi connectivity index (χ1n) is 10.3. The lowest BCUT2D eigenvalue weighted by Gasteiger charge is -2.30. The van der Waals surface area contributed by atoms with Gasteiger partial charge in [-0.1, -0.05) is 11.6 Å². The number of halogens is 4. The van der Waals surface area contributed by atoms with Crippen LogP contribution in [0.5, 0.6) is 0 Å². The molecule has 0 atom stereocenters. The van der Waals surface area contributed by atoms with E-state index < -0.39 is 29.3 Å². The lowest BCUT2D eigenvalue weighted by Crippen LogP contribution is -2.32. The van der Waals surface area contributed by atoms with E-state index in [-0.39, 0.29) is 37.4 Å². The Morgan fingerprint density at radius 2 is 1.72 bits per heavy atom. The van der Waals surface area contributed by atoms with Gasteiger partial charge in [0.2, 0.25) is 0 Å². The number of amides is 1. The van der Waals surface area contributed by atoms with Gasteiger partial charge in [-0.2, -0.15) is 13.2 Å². The molecule has 0 aliphatic heterocycles. The molecule has 1 aromatic carbocycles. The lowest BCUT2D eigenvalue weighted by molar-refractivity contribution is -0.182. The average Bonchev–Trinajstić information content (AvgIpc) is 2.66. The van der Waals surface area contributed by atoms with E-state index in [9.17, 15) is 22.8 Å². The number of nitrogens with zero attached hydrogens (tertiary/aromatic N) is 2. The summed E-state index contributed by atoms with van der Waals surface area (Å²) in [6, 6.07) is 7.65. The van der Waals surface area contributed by atoms with Gasteiger partial charge in [-0.15, -0.1) is 0 Å². The maximum atomic E-state index is 13.1. The molecule has 0 bridgehead atoms. The minimum Gasteiger partial charge on any atom is -0.444 e. The minimum absolute atomic E-state index is 0.0117. The van der Waals surface area contributed by atoms with Crippen molar-refractivity contribution in [3.05, 3.63) is 51.5 Å². The number of nitrogens with one attached hydrogen (secondary N) is 1. The zero-order valence-electron chi connectivity index (χ0n) is 18.0. The number of carbonyl (C=O) groups excluding carboxylic acids is 1. The molecular weight excluding hydrogens is 447 g/mol. The Hall–Kier alpha value is -2.55. The molecule has 0 unspecified atom stereocenters. The standard InChI is InChI=1S/C22H25ClF3N3O3/c1-21(2,3)32-20(31)28-17-12-18(30)29(16-10-8-15(23)9-11-16)19(27-17)13-4-6-14(7-5-13)22(24,25)26/h8-14H,4-7H2,1-3H3,(H,28,31). The van der Waals surface area contributed by atoms with Crippen LogP contribution in [0.3, 0.4) is 0 Å². The van der Waals surface area contributed by atoms with Crippen LogP contribution < -0.4 is 10.9 Å². The molecule has 1 aliphatic rings. The van der Waals surface area contributed by atoms with Crippen LogP contribution in [0.25, 0.3) is 5.69 Å². The van der Waals surface area contributed by atoms with Gasteiger partial charge in [0.05, 0.1) is 11.6 Å². The quantitative estimate of drug-likeness (QED) is 0.589. The highest BCUT2D eigenvalue weighted by atomic mass is 35.5. The fourth-order valence-corrected chi connectivity index (χ4v) is 3.90. The molecule has 32 heavy (non-hydrogen) atoms. The van der Waals surface area contributed by atoms with Crippen molar-refractivity contribution in [3.63, 3.8) is 0 Å². The molecule has 1 amide bonds. The number of anilines is 1. The van der Waals surface area contributed by atoms with Crippen molar-refractivity contribution in [3.8, 4) is 5.69 Å². The fourth-order valence-electron chi connectivity index (χ4n) is 3.77. The second-order valence-electron chi connectivity index (χ2n) is 8.87. The number of ether oxygens (including phenoxy) is 1. The summed E-state index contributed by atoms with van der Waals surface area (Å²) in [5, 5.41) is 2.93. The first-order chi connectivity index (χ1) is 14.8. The van der Waals surface area contributed by atoms with Crippen LogP contribution >= 0.6 is 11.6 Å². The Labute approximate surface area is 188 Å². The first kappa shape index (κ1) is 24.1. The van der Waals surface area contributed by atoms with E-state index in [2.05, 4.69) is 10.3 Å². The smallest absolute Gasteiger partial charge is 0.413 e. The molecule has 1 aromatic heterocycles. The molecule has 0 spiro atoms. The van der Waals surface area contributed by atoms with Crippen LogP contribution in [0, 0.1) is 5.92 Å². The van der Waals surface area contributed by atoms with E-state index in [0.717, 1.165) is 6.07 Å². The van der Waals surface area contributed by atoms with E-state index in [1.54, 1.807) is 45.0 Å². The normalized spacial score (nSPS) is 19.5. The topological polar surface area (TPSA) is 73.2 Å². The lowest BCUT2D eigenvalue weighted by atomic mass is 9.81. The van der Waals surface area contributed by atoms with Gasteiger partial charge in [-0.25, -0.2) is 9.78 Å². The van der Waals surface area contributed by atoms with Crippen molar-refractivity contribution >= 4 is 23.5 Å². The van der Waals surface area contributed by atoms with Crippen molar-refractivity contribution < 1.29 is 22.7 Å². The third kappa shape index (κ3) is 6.03. The van der Waals surface area contributed by atoms with Crippen LogP contribution in [0.2, 0.25) is 5.02 Å². The van der Waals surface area contributed by atoms with Crippen molar-refractivity contribution in [1.82, 2.24) is 9.55 Å². The van der Waals surface area contributed by atoms with Crippen LogP contribution in [0.4, 0.5) is 23.8 Å². The molecule has 174 valence electrons. The van der Waals surface area contributed by atoms with Crippen molar-refractivity contribution in [2.45, 2.75) is 64.1 Å². The van der Waals surface area contributed by atoms with E-state index in [1.807, 2.05) is 0 Å². The van der Waals surface area contributed by atoms with E-state index in [0.29, 0.717) is 16.5 Å². The zero-order valence-corrected chi connectivity index (χ0v) is 18.8. The van der Waals surface area contributed by atoms with Crippen LogP contribution in [-0.4, -0.2) is 27.4 Å². The Bertz CT molecular complexity index is 1020. The van der Waals surface area contributed by atoms with Crippen molar-refractivity contribution in [2.75, 3.05) is 5.32 Å². The summed E-state index contributed by atoms with van der Waals surface area (Å²) in [4.78, 5) is 29.6. The predicted molar refractivity (Wildman–Crippen MR) is 115 cm³/mol. The maximum Gasteiger partial charge on any atom is 0.413 e. The summed E-state index contributed by atoms with van der Waals surface area (Å²) in [5.74, 6) is -1.45. The Morgan fingerprint density at radius 3 is 2.25 bits per heavy atom. The summed E-state index contributed by atoms with van der Waals surface area (Å²) < 4.78 is 45.9. The molecule has 1 heterocycles. The van der Waals surface area contributed by atoms with Crippen LogP contribution in [0.1, 0.15) is 58.2 Å². The van der Waals surface area contributed by atoms with Crippen LogP contribution in [-0.2, 0) is 4.74 Å². The minimum atomic E-state index is -4.24. The number of aromatic nitrogens is 2. The molecule has 2 aromatic rings. The summed E-state index contributed by atoms with van der Waals surface area (Å²) in [7, 11) is 0. The number of hydrogen-bond donors (Lipinski definition) is 1. The van der Waals surface area contributed by atoms with Crippen LogP contribution in [0.15, 0.2) is 35.1 Å². The molecule has 10 heteroatoms. The zero-order chi connectivity index (χ0) is 23.7. The molecule has 0 radical (unpaired) electrons. The van der Waals surface area contributed by atoms with Gasteiger partial charge in [0.15, 0.2) is 0 Å². The highest BCUT2D eigenvalue weighted by Crippen LogP contribution is 2.42. The summed E-state index contributed by atoms with van der Waals surface area (Å²) in [6.45, 7) is 5.09. The number of rotatable bonds is 3. The van der Waals surface area contributed by atoms with Gasteiger partial charge in [-0.05, 0) is 70.7 Å². The largest absolute Gasteiger partial charge is 0.444 e. The molecule has 1 aliphatic carbocycles. The van der Waals surface area contributed by atoms with Gasteiger partial charge in [-0.3, -0.25) is 14.7 Å². The molecular formula is C22H25ClF3N3O3. The van der Waals surface area contributed by atoms with Gasteiger partial charge < -0.3 is 4.74 Å². The second-order valence-corrected chi connectivity index (χ2v) is 9.30.